The van der Waals surface area contributed by atoms with Crippen molar-refractivity contribution >= 4 is 11.9 Å². The van der Waals surface area contributed by atoms with Gasteiger partial charge in [0.15, 0.2) is 0 Å². The summed E-state index contributed by atoms with van der Waals surface area (Å²) in [4.78, 5) is 27.0. The lowest BCUT2D eigenvalue weighted by atomic mass is 9.82. The Morgan fingerprint density at radius 2 is 1.73 bits per heavy atom. The van der Waals surface area contributed by atoms with Gasteiger partial charge in [-0.2, -0.15) is 0 Å². The van der Waals surface area contributed by atoms with Crippen molar-refractivity contribution in [3.8, 4) is 0 Å². The number of likely N-dealkylation sites (tertiary alicyclic amines) is 1. The number of nitrogens with zero attached hydrogens (tertiary/aromatic N) is 1. The van der Waals surface area contributed by atoms with Crippen LogP contribution in [0.2, 0.25) is 0 Å². The highest BCUT2D eigenvalue weighted by molar-refractivity contribution is 5.86. The van der Waals surface area contributed by atoms with E-state index in [4.69, 9.17) is 0 Å². The number of carbonyl (C=O) groups excluding carboxylic acids is 1. The SMILES string of the molecule is O=C(O)C1C2C=CC(C2)C1C(=O)NCC1CCCN1CC1CCCCC1. The Morgan fingerprint density at radius 3 is 2.46 bits per heavy atom. The van der Waals surface area contributed by atoms with E-state index in [2.05, 4.69) is 16.3 Å². The number of rotatable bonds is 6. The first-order chi connectivity index (χ1) is 12.6. The van der Waals surface area contributed by atoms with Gasteiger partial charge < -0.3 is 10.4 Å². The van der Waals surface area contributed by atoms with Crippen LogP contribution < -0.4 is 5.32 Å². The van der Waals surface area contributed by atoms with E-state index in [1.807, 2.05) is 6.08 Å². The molecule has 2 saturated carbocycles. The number of carbonyl (C=O) groups is 2. The maximum atomic E-state index is 12.8. The van der Waals surface area contributed by atoms with Gasteiger partial charge in [-0.25, -0.2) is 0 Å². The zero-order valence-electron chi connectivity index (χ0n) is 15.6. The number of hydrogen-bond acceptors (Lipinski definition) is 3. The molecular weight excluding hydrogens is 328 g/mol. The molecule has 26 heavy (non-hydrogen) atoms. The summed E-state index contributed by atoms with van der Waals surface area (Å²) in [7, 11) is 0. The summed E-state index contributed by atoms with van der Waals surface area (Å²) in [5.41, 5.74) is 0. The molecule has 2 bridgehead atoms. The second-order valence-corrected chi connectivity index (χ2v) is 8.88. The molecule has 1 aliphatic heterocycles. The molecule has 0 spiro atoms. The Bertz CT molecular complexity index is 570. The molecule has 5 atom stereocenters. The number of aliphatic carboxylic acids is 1. The van der Waals surface area contributed by atoms with Crippen LogP contribution in [-0.4, -0.2) is 47.6 Å². The third-order valence-corrected chi connectivity index (χ3v) is 7.28. The zero-order valence-corrected chi connectivity index (χ0v) is 15.6. The highest BCUT2D eigenvalue weighted by Gasteiger charge is 2.51. The number of hydrogen-bond donors (Lipinski definition) is 2. The second kappa shape index (κ2) is 7.71. The summed E-state index contributed by atoms with van der Waals surface area (Å²) in [6, 6.07) is 0.429. The molecule has 1 saturated heterocycles. The Labute approximate surface area is 156 Å². The molecule has 2 N–H and O–H groups in total. The first kappa shape index (κ1) is 18.0. The third kappa shape index (κ3) is 3.55. The molecule has 0 radical (unpaired) electrons. The number of carboxylic acid groups (broad SMARTS) is 1. The van der Waals surface area contributed by atoms with Crippen LogP contribution >= 0.6 is 0 Å². The lowest BCUT2D eigenvalue weighted by Gasteiger charge is -2.31. The minimum atomic E-state index is -0.818. The van der Waals surface area contributed by atoms with Crippen LogP contribution in [0.25, 0.3) is 0 Å². The van der Waals surface area contributed by atoms with Gasteiger partial charge in [-0.3, -0.25) is 14.5 Å². The van der Waals surface area contributed by atoms with Crippen LogP contribution in [0.4, 0.5) is 0 Å². The average Bonchev–Trinajstić information content (AvgIpc) is 3.36. The monoisotopic (exact) mass is 360 g/mol. The zero-order chi connectivity index (χ0) is 18.1. The largest absolute Gasteiger partial charge is 0.481 e. The third-order valence-electron chi connectivity index (χ3n) is 7.28. The fourth-order valence-corrected chi connectivity index (χ4v) is 5.92. The fourth-order valence-electron chi connectivity index (χ4n) is 5.92. The quantitative estimate of drug-likeness (QED) is 0.715. The van der Waals surface area contributed by atoms with E-state index >= 15 is 0 Å². The summed E-state index contributed by atoms with van der Waals surface area (Å²) in [6.07, 6.45) is 14.1. The topological polar surface area (TPSA) is 69.6 Å². The number of allylic oxidation sites excluding steroid dienone is 2. The normalized spacial score (nSPS) is 37.3. The van der Waals surface area contributed by atoms with E-state index in [9.17, 15) is 14.7 Å². The van der Waals surface area contributed by atoms with Gasteiger partial charge in [-0.05, 0) is 56.4 Å². The van der Waals surface area contributed by atoms with Crippen molar-refractivity contribution in [2.24, 2.45) is 29.6 Å². The molecule has 3 fully saturated rings. The predicted octanol–water partition coefficient (Wildman–Crippen LogP) is 2.67. The molecule has 4 rings (SSSR count). The maximum Gasteiger partial charge on any atom is 0.307 e. The van der Waals surface area contributed by atoms with Crippen molar-refractivity contribution in [3.05, 3.63) is 12.2 Å². The standard InChI is InChI=1S/C21H32N2O3/c24-20(18-15-8-9-16(11-15)19(18)21(25)26)22-12-17-7-4-10-23(17)13-14-5-2-1-3-6-14/h8-9,14-19H,1-7,10-13H2,(H,22,24)(H,25,26). The molecule has 4 aliphatic rings. The van der Waals surface area contributed by atoms with Crippen molar-refractivity contribution in [1.82, 2.24) is 10.2 Å². The summed E-state index contributed by atoms with van der Waals surface area (Å²) in [6.45, 7) is 3.00. The highest BCUT2D eigenvalue weighted by Crippen LogP contribution is 2.48. The molecule has 1 heterocycles. The Morgan fingerprint density at radius 1 is 1.00 bits per heavy atom. The van der Waals surface area contributed by atoms with E-state index in [0.717, 1.165) is 25.3 Å². The molecular formula is C21H32N2O3. The van der Waals surface area contributed by atoms with Crippen LogP contribution in [0.1, 0.15) is 51.4 Å². The molecule has 3 aliphatic carbocycles. The minimum Gasteiger partial charge on any atom is -0.481 e. The molecule has 0 aromatic heterocycles. The number of nitrogens with one attached hydrogen (secondary N) is 1. The van der Waals surface area contributed by atoms with Crippen LogP contribution in [0.3, 0.4) is 0 Å². The van der Waals surface area contributed by atoms with Crippen molar-refractivity contribution in [3.63, 3.8) is 0 Å². The smallest absolute Gasteiger partial charge is 0.307 e. The predicted molar refractivity (Wildman–Crippen MR) is 99.5 cm³/mol. The van der Waals surface area contributed by atoms with Gasteiger partial charge in [-0.1, -0.05) is 31.4 Å². The average molecular weight is 360 g/mol. The lowest BCUT2D eigenvalue weighted by Crippen LogP contribution is -2.46. The molecule has 5 nitrogen and oxygen atoms in total. The molecule has 5 unspecified atom stereocenters. The van der Waals surface area contributed by atoms with Gasteiger partial charge in [0.05, 0.1) is 11.8 Å². The van der Waals surface area contributed by atoms with E-state index in [1.54, 1.807) is 0 Å². The van der Waals surface area contributed by atoms with E-state index in [1.165, 1.54) is 45.1 Å². The van der Waals surface area contributed by atoms with Gasteiger partial charge >= 0.3 is 5.97 Å². The van der Waals surface area contributed by atoms with Crippen LogP contribution in [0.5, 0.6) is 0 Å². The van der Waals surface area contributed by atoms with Crippen LogP contribution in [-0.2, 0) is 9.59 Å². The Hall–Kier alpha value is -1.36. The molecule has 0 aromatic rings. The molecule has 0 aromatic carbocycles. The summed E-state index contributed by atoms with van der Waals surface area (Å²) in [5.74, 6) is -0.791. The van der Waals surface area contributed by atoms with Crippen molar-refractivity contribution in [2.75, 3.05) is 19.6 Å². The van der Waals surface area contributed by atoms with E-state index in [-0.39, 0.29) is 23.7 Å². The Kier molecular flexibility index (Phi) is 5.35. The number of amides is 1. The van der Waals surface area contributed by atoms with Crippen molar-refractivity contribution in [2.45, 2.75) is 57.4 Å². The van der Waals surface area contributed by atoms with Crippen molar-refractivity contribution in [1.29, 1.82) is 0 Å². The van der Waals surface area contributed by atoms with E-state index < -0.39 is 11.9 Å². The highest BCUT2D eigenvalue weighted by atomic mass is 16.4. The van der Waals surface area contributed by atoms with Crippen LogP contribution in [0.15, 0.2) is 12.2 Å². The van der Waals surface area contributed by atoms with Gasteiger partial charge in [-0.15, -0.1) is 0 Å². The molecule has 5 heteroatoms. The van der Waals surface area contributed by atoms with Crippen LogP contribution in [0, 0.1) is 29.6 Å². The van der Waals surface area contributed by atoms with Gasteiger partial charge in [0, 0.05) is 19.1 Å². The number of fused-ring (bicyclic) bond motifs is 2. The Balaban J connectivity index is 1.31. The first-order valence-corrected chi connectivity index (χ1v) is 10.6. The lowest BCUT2D eigenvalue weighted by molar-refractivity contribution is -0.147. The molecule has 144 valence electrons. The summed E-state index contributed by atoms with van der Waals surface area (Å²) < 4.78 is 0. The summed E-state index contributed by atoms with van der Waals surface area (Å²) in [5, 5.41) is 12.7. The van der Waals surface area contributed by atoms with Gasteiger partial charge in [0.1, 0.15) is 0 Å². The van der Waals surface area contributed by atoms with Gasteiger partial charge in [0.25, 0.3) is 0 Å². The maximum absolute atomic E-state index is 12.8. The fraction of sp³-hybridized carbons (Fsp3) is 0.810. The molecule has 1 amide bonds. The van der Waals surface area contributed by atoms with Crippen molar-refractivity contribution < 1.29 is 14.7 Å². The second-order valence-electron chi connectivity index (χ2n) is 8.88. The minimum absolute atomic E-state index is 0.0428. The van der Waals surface area contributed by atoms with E-state index in [0.29, 0.717) is 12.6 Å². The summed E-state index contributed by atoms with van der Waals surface area (Å²) >= 11 is 0. The number of carboxylic acids is 1. The van der Waals surface area contributed by atoms with Gasteiger partial charge in [0.2, 0.25) is 5.91 Å². The first-order valence-electron chi connectivity index (χ1n) is 10.6.